The second-order valence-electron chi connectivity index (χ2n) is 5.15. The Kier molecular flexibility index (Phi) is 5.28. The predicted molar refractivity (Wildman–Crippen MR) is 89.0 cm³/mol. The number of nitrogens with zero attached hydrogens (tertiary/aromatic N) is 1. The van der Waals surface area contributed by atoms with Gasteiger partial charge >= 0.3 is 0 Å². The Bertz CT molecular complexity index is 621. The molecule has 0 aromatic heterocycles. The average molecular weight is 300 g/mol. The first-order chi connectivity index (χ1) is 10.1. The Morgan fingerprint density at radius 1 is 1.14 bits per heavy atom. The fraction of sp³-hybridized carbons (Fsp3) is 0.235. The van der Waals surface area contributed by atoms with E-state index >= 15 is 0 Å². The van der Waals surface area contributed by atoms with Crippen molar-refractivity contribution < 1.29 is 5.21 Å². The van der Waals surface area contributed by atoms with Crippen LogP contribution in [0, 0.1) is 0 Å². The third kappa shape index (κ3) is 4.02. The molecule has 21 heavy (non-hydrogen) atoms. The van der Waals surface area contributed by atoms with Gasteiger partial charge in [0.15, 0.2) is 5.84 Å². The second kappa shape index (κ2) is 7.18. The van der Waals surface area contributed by atoms with Gasteiger partial charge in [-0.25, -0.2) is 0 Å². The van der Waals surface area contributed by atoms with E-state index in [0.717, 1.165) is 16.9 Å². The quantitative estimate of drug-likeness (QED) is 0.286. The maximum absolute atomic E-state index is 8.84. The van der Waals surface area contributed by atoms with Gasteiger partial charge in [0.05, 0.1) is 0 Å². The molecule has 0 spiro atoms. The number of hydrogen-bond donors (Lipinski definition) is 2. The highest BCUT2D eigenvalue weighted by molar-refractivity contribution is 7.98. The number of amidine groups is 1. The van der Waals surface area contributed by atoms with E-state index in [9.17, 15) is 0 Å². The molecule has 3 nitrogen and oxygen atoms in total. The molecular formula is C17H20N2OS. The van der Waals surface area contributed by atoms with Crippen molar-refractivity contribution in [2.75, 3.05) is 0 Å². The molecule has 0 bridgehead atoms. The second-order valence-corrected chi connectivity index (χ2v) is 6.20. The van der Waals surface area contributed by atoms with Gasteiger partial charge in [-0.15, -0.1) is 11.8 Å². The van der Waals surface area contributed by atoms with Crippen LogP contribution in [-0.4, -0.2) is 11.0 Å². The first kappa shape index (κ1) is 15.4. The third-order valence-corrected chi connectivity index (χ3v) is 4.40. The van der Waals surface area contributed by atoms with Crippen LogP contribution in [0.25, 0.3) is 0 Å². The first-order valence-electron chi connectivity index (χ1n) is 6.90. The lowest BCUT2D eigenvalue weighted by Crippen LogP contribution is -2.15. The molecule has 0 unspecified atom stereocenters. The largest absolute Gasteiger partial charge is 0.409 e. The van der Waals surface area contributed by atoms with Crippen molar-refractivity contribution in [3.63, 3.8) is 0 Å². The van der Waals surface area contributed by atoms with Crippen LogP contribution >= 0.6 is 11.8 Å². The highest BCUT2D eigenvalue weighted by Crippen LogP contribution is 2.26. The lowest BCUT2D eigenvalue weighted by atomic mass is 10.0. The molecule has 0 aliphatic heterocycles. The normalized spacial score (nSPS) is 11.9. The summed E-state index contributed by atoms with van der Waals surface area (Å²) in [5.74, 6) is 1.49. The highest BCUT2D eigenvalue weighted by atomic mass is 32.2. The molecule has 0 saturated heterocycles. The standard InChI is InChI=1S/C17H20N2OS/c1-12(2)13-7-9-15(10-8-13)21-11-14-5-3-4-6-16(14)17(18)19-20/h3-10,12,20H,11H2,1-2H3,(H2,18,19). The maximum atomic E-state index is 8.84. The summed E-state index contributed by atoms with van der Waals surface area (Å²) >= 11 is 1.74. The zero-order chi connectivity index (χ0) is 15.2. The SMILES string of the molecule is CC(C)c1ccc(SCc2ccccc2/C(N)=N/O)cc1. The van der Waals surface area contributed by atoms with E-state index in [0.29, 0.717) is 5.92 Å². The van der Waals surface area contributed by atoms with Crippen LogP contribution in [0.1, 0.15) is 36.5 Å². The first-order valence-corrected chi connectivity index (χ1v) is 7.89. The van der Waals surface area contributed by atoms with Crippen molar-refractivity contribution in [1.82, 2.24) is 0 Å². The van der Waals surface area contributed by atoms with Gasteiger partial charge in [0.25, 0.3) is 0 Å². The molecule has 4 heteroatoms. The van der Waals surface area contributed by atoms with Gasteiger partial charge in [-0.05, 0) is 29.2 Å². The third-order valence-electron chi connectivity index (χ3n) is 3.34. The fourth-order valence-electron chi connectivity index (χ4n) is 2.06. The summed E-state index contributed by atoms with van der Waals surface area (Å²) in [6.07, 6.45) is 0. The van der Waals surface area contributed by atoms with Crippen molar-refractivity contribution in [1.29, 1.82) is 0 Å². The molecule has 2 aromatic carbocycles. The van der Waals surface area contributed by atoms with Crippen LogP contribution < -0.4 is 5.73 Å². The zero-order valence-corrected chi connectivity index (χ0v) is 13.1. The molecule has 0 heterocycles. The number of rotatable bonds is 5. The van der Waals surface area contributed by atoms with E-state index in [1.54, 1.807) is 11.8 Å². The minimum absolute atomic E-state index is 0.154. The Morgan fingerprint density at radius 2 is 1.81 bits per heavy atom. The molecule has 2 aromatic rings. The van der Waals surface area contributed by atoms with Crippen LogP contribution in [0.5, 0.6) is 0 Å². The predicted octanol–water partition coefficient (Wildman–Crippen LogP) is 4.20. The minimum Gasteiger partial charge on any atom is -0.409 e. The van der Waals surface area contributed by atoms with Crippen LogP contribution in [0.4, 0.5) is 0 Å². The van der Waals surface area contributed by atoms with Crippen LogP contribution in [-0.2, 0) is 5.75 Å². The molecule has 0 aliphatic rings. The Morgan fingerprint density at radius 3 is 2.43 bits per heavy atom. The summed E-state index contributed by atoms with van der Waals surface area (Å²) in [6, 6.07) is 16.4. The molecular weight excluding hydrogens is 280 g/mol. The summed E-state index contributed by atoms with van der Waals surface area (Å²) in [5, 5.41) is 11.9. The topological polar surface area (TPSA) is 58.6 Å². The van der Waals surface area contributed by atoms with Crippen LogP contribution in [0.2, 0.25) is 0 Å². The van der Waals surface area contributed by atoms with Crippen molar-refractivity contribution in [2.24, 2.45) is 10.9 Å². The monoisotopic (exact) mass is 300 g/mol. The van der Waals surface area contributed by atoms with Crippen molar-refractivity contribution in [3.8, 4) is 0 Å². The number of thioether (sulfide) groups is 1. The Labute approximate surface area is 129 Å². The van der Waals surface area contributed by atoms with Gasteiger partial charge < -0.3 is 10.9 Å². The van der Waals surface area contributed by atoms with E-state index in [1.807, 2.05) is 24.3 Å². The van der Waals surface area contributed by atoms with Gasteiger partial charge in [-0.3, -0.25) is 0 Å². The fourth-order valence-corrected chi connectivity index (χ4v) is 2.96. The molecule has 3 N–H and O–H groups in total. The summed E-state index contributed by atoms with van der Waals surface area (Å²) in [4.78, 5) is 1.22. The van der Waals surface area contributed by atoms with Gasteiger partial charge in [0, 0.05) is 16.2 Å². The smallest absolute Gasteiger partial charge is 0.170 e. The highest BCUT2D eigenvalue weighted by Gasteiger charge is 2.07. The maximum Gasteiger partial charge on any atom is 0.170 e. The number of benzene rings is 2. The summed E-state index contributed by atoms with van der Waals surface area (Å²) in [5.41, 5.74) is 8.90. The van der Waals surface area contributed by atoms with E-state index in [4.69, 9.17) is 10.9 Å². The molecule has 0 saturated carbocycles. The van der Waals surface area contributed by atoms with Crippen molar-refractivity contribution in [2.45, 2.75) is 30.4 Å². The van der Waals surface area contributed by atoms with Crippen molar-refractivity contribution >= 4 is 17.6 Å². The van der Waals surface area contributed by atoms with E-state index in [-0.39, 0.29) is 5.84 Å². The molecule has 0 radical (unpaired) electrons. The van der Waals surface area contributed by atoms with Gasteiger partial charge in [-0.2, -0.15) is 0 Å². The summed E-state index contributed by atoms with van der Waals surface area (Å²) in [7, 11) is 0. The number of nitrogens with two attached hydrogens (primary N) is 1. The zero-order valence-electron chi connectivity index (χ0n) is 12.3. The molecule has 0 atom stereocenters. The van der Waals surface area contributed by atoms with Gasteiger partial charge in [0.1, 0.15) is 0 Å². The van der Waals surface area contributed by atoms with Crippen LogP contribution in [0.3, 0.4) is 0 Å². The van der Waals surface area contributed by atoms with Gasteiger partial charge in [0.2, 0.25) is 0 Å². The summed E-state index contributed by atoms with van der Waals surface area (Å²) < 4.78 is 0. The van der Waals surface area contributed by atoms with E-state index in [2.05, 4.69) is 43.3 Å². The molecule has 110 valence electrons. The molecule has 0 fully saturated rings. The number of oxime groups is 1. The Hall–Kier alpha value is -1.94. The average Bonchev–Trinajstić information content (AvgIpc) is 2.52. The van der Waals surface area contributed by atoms with E-state index in [1.165, 1.54) is 10.5 Å². The molecule has 2 rings (SSSR count). The molecule has 0 aliphatic carbocycles. The van der Waals surface area contributed by atoms with E-state index < -0.39 is 0 Å². The lowest BCUT2D eigenvalue weighted by Gasteiger charge is -2.09. The number of hydrogen-bond acceptors (Lipinski definition) is 3. The molecule has 0 amide bonds. The van der Waals surface area contributed by atoms with Crippen molar-refractivity contribution in [3.05, 3.63) is 65.2 Å². The summed E-state index contributed by atoms with van der Waals surface area (Å²) in [6.45, 7) is 4.38. The lowest BCUT2D eigenvalue weighted by molar-refractivity contribution is 0.318. The Balaban J connectivity index is 2.10. The van der Waals surface area contributed by atoms with Gasteiger partial charge in [-0.1, -0.05) is 55.4 Å². The minimum atomic E-state index is 0.154. The van der Waals surface area contributed by atoms with Crippen LogP contribution in [0.15, 0.2) is 58.6 Å².